The van der Waals surface area contributed by atoms with Crippen LogP contribution in [0.5, 0.6) is 5.75 Å². The zero-order valence-electron chi connectivity index (χ0n) is 15.7. The number of hydrogen-bond acceptors (Lipinski definition) is 4. The minimum absolute atomic E-state index is 0.166. The van der Waals surface area contributed by atoms with E-state index in [4.69, 9.17) is 4.74 Å². The van der Waals surface area contributed by atoms with E-state index >= 15 is 0 Å². The normalized spacial score (nSPS) is 23.0. The van der Waals surface area contributed by atoms with Gasteiger partial charge in [-0.2, -0.15) is 0 Å². The molecule has 1 aromatic rings. The van der Waals surface area contributed by atoms with Gasteiger partial charge < -0.3 is 15.2 Å². The van der Waals surface area contributed by atoms with Crippen molar-refractivity contribution >= 4 is 0 Å². The van der Waals surface area contributed by atoms with E-state index in [9.17, 15) is 5.11 Å². The number of benzene rings is 1. The maximum Gasteiger partial charge on any atom is 0.115 e. The second kappa shape index (κ2) is 9.02. The van der Waals surface area contributed by atoms with Gasteiger partial charge in [0.2, 0.25) is 0 Å². The number of phenolic OH excluding ortho intramolecular Hbond substituents is 1. The van der Waals surface area contributed by atoms with Crippen molar-refractivity contribution in [2.75, 3.05) is 39.9 Å². The lowest BCUT2D eigenvalue weighted by Gasteiger charge is -2.45. The molecule has 3 fully saturated rings. The maximum atomic E-state index is 9.82. The molecule has 0 radical (unpaired) electrons. The molecule has 0 atom stereocenters. The Labute approximate surface area is 152 Å². The second-order valence-corrected chi connectivity index (χ2v) is 7.83. The largest absolute Gasteiger partial charge is 0.508 e. The Balaban J connectivity index is 0.000000258. The molecule has 2 aliphatic carbocycles. The van der Waals surface area contributed by atoms with E-state index in [1.807, 2.05) is 12.1 Å². The number of nitrogens with zero attached hydrogens (tertiary/aromatic N) is 1. The first kappa shape index (κ1) is 18.7. The van der Waals surface area contributed by atoms with Crippen molar-refractivity contribution < 1.29 is 9.84 Å². The zero-order valence-corrected chi connectivity index (χ0v) is 15.7. The first-order valence-electron chi connectivity index (χ1n) is 10.00. The molecule has 1 aromatic carbocycles. The molecule has 0 aromatic heterocycles. The predicted octanol–water partition coefficient (Wildman–Crippen LogP) is 3.50. The molecule has 0 spiro atoms. The molecule has 25 heavy (non-hydrogen) atoms. The van der Waals surface area contributed by atoms with E-state index in [0.29, 0.717) is 5.75 Å². The Morgan fingerprint density at radius 3 is 2.40 bits per heavy atom. The summed E-state index contributed by atoms with van der Waals surface area (Å²) in [6.45, 7) is 5.05. The van der Waals surface area contributed by atoms with Crippen molar-refractivity contribution in [2.45, 2.75) is 50.5 Å². The molecular formula is C21H34N2O2. The molecule has 4 nitrogen and oxygen atoms in total. The molecule has 3 aliphatic rings. The van der Waals surface area contributed by atoms with Gasteiger partial charge in [-0.3, -0.25) is 4.90 Å². The van der Waals surface area contributed by atoms with E-state index < -0.39 is 0 Å². The van der Waals surface area contributed by atoms with Crippen molar-refractivity contribution in [2.24, 2.45) is 5.92 Å². The van der Waals surface area contributed by atoms with E-state index in [1.165, 1.54) is 57.1 Å². The van der Waals surface area contributed by atoms with Gasteiger partial charge in [0.15, 0.2) is 0 Å². The highest BCUT2D eigenvalue weighted by atomic mass is 16.5. The van der Waals surface area contributed by atoms with Crippen molar-refractivity contribution in [1.29, 1.82) is 0 Å². The number of hydrogen-bond donors (Lipinski definition) is 2. The highest BCUT2D eigenvalue weighted by Gasteiger charge is 2.39. The SMILES string of the molecule is C1COCCN1.CN(CC1CC1)C1(c2cccc(O)c2)CCCCC1. The first-order valence-corrected chi connectivity index (χ1v) is 10.00. The van der Waals surface area contributed by atoms with Crippen molar-refractivity contribution in [3.05, 3.63) is 29.8 Å². The van der Waals surface area contributed by atoms with E-state index in [-0.39, 0.29) is 5.54 Å². The smallest absolute Gasteiger partial charge is 0.115 e. The molecule has 1 saturated heterocycles. The third-order valence-corrected chi connectivity index (χ3v) is 5.87. The average Bonchev–Trinajstić information content (AvgIpc) is 3.48. The lowest BCUT2D eigenvalue weighted by Crippen LogP contribution is -2.46. The molecule has 0 amide bonds. The van der Waals surface area contributed by atoms with E-state index in [0.717, 1.165) is 32.2 Å². The summed E-state index contributed by atoms with van der Waals surface area (Å²) in [4.78, 5) is 2.58. The Morgan fingerprint density at radius 2 is 1.88 bits per heavy atom. The fourth-order valence-corrected chi connectivity index (χ4v) is 4.20. The first-order chi connectivity index (χ1) is 12.2. The quantitative estimate of drug-likeness (QED) is 0.876. The molecule has 4 rings (SSSR count). The number of ether oxygens (including phenoxy) is 1. The molecule has 2 saturated carbocycles. The van der Waals surface area contributed by atoms with Crippen LogP contribution in [0.25, 0.3) is 0 Å². The van der Waals surface area contributed by atoms with Crippen LogP contribution >= 0.6 is 0 Å². The topological polar surface area (TPSA) is 44.7 Å². The number of phenols is 1. The van der Waals surface area contributed by atoms with Crippen molar-refractivity contribution in [3.63, 3.8) is 0 Å². The van der Waals surface area contributed by atoms with Gasteiger partial charge in [0.05, 0.1) is 13.2 Å². The van der Waals surface area contributed by atoms with Gasteiger partial charge >= 0.3 is 0 Å². The third kappa shape index (κ3) is 5.19. The maximum absolute atomic E-state index is 9.82. The van der Waals surface area contributed by atoms with E-state index in [2.05, 4.69) is 23.3 Å². The van der Waals surface area contributed by atoms with Crippen LogP contribution in [0.15, 0.2) is 24.3 Å². The van der Waals surface area contributed by atoms with Gasteiger partial charge in [0.1, 0.15) is 5.75 Å². The summed E-state index contributed by atoms with van der Waals surface area (Å²) >= 11 is 0. The predicted molar refractivity (Wildman–Crippen MR) is 102 cm³/mol. The van der Waals surface area contributed by atoms with Crippen LogP contribution in [-0.2, 0) is 10.3 Å². The van der Waals surface area contributed by atoms with Crippen LogP contribution in [0.2, 0.25) is 0 Å². The van der Waals surface area contributed by atoms with Gasteiger partial charge in [-0.25, -0.2) is 0 Å². The summed E-state index contributed by atoms with van der Waals surface area (Å²) in [5.74, 6) is 1.32. The number of morpholine rings is 1. The van der Waals surface area contributed by atoms with Gasteiger partial charge in [-0.15, -0.1) is 0 Å². The van der Waals surface area contributed by atoms with Crippen molar-refractivity contribution in [3.8, 4) is 5.75 Å². The van der Waals surface area contributed by atoms with Gasteiger partial charge in [-0.1, -0.05) is 31.4 Å². The fraction of sp³-hybridized carbons (Fsp3) is 0.714. The van der Waals surface area contributed by atoms with Crippen molar-refractivity contribution in [1.82, 2.24) is 10.2 Å². The second-order valence-electron chi connectivity index (χ2n) is 7.83. The Hall–Kier alpha value is -1.10. The van der Waals surface area contributed by atoms with Crippen LogP contribution in [-0.4, -0.2) is 49.9 Å². The highest BCUT2D eigenvalue weighted by Crippen LogP contribution is 2.44. The minimum Gasteiger partial charge on any atom is -0.508 e. The lowest BCUT2D eigenvalue weighted by molar-refractivity contribution is 0.0679. The molecule has 140 valence electrons. The summed E-state index contributed by atoms with van der Waals surface area (Å²) < 4.78 is 5.01. The summed E-state index contributed by atoms with van der Waals surface area (Å²) in [6, 6.07) is 7.95. The summed E-state index contributed by atoms with van der Waals surface area (Å²) in [5.41, 5.74) is 1.48. The standard InChI is InChI=1S/C17H25NO.C4H9NO/c1-18(13-14-8-9-14)17(10-3-2-4-11-17)15-6-5-7-16(19)12-15;1-3-6-4-2-5-1/h5-7,12,14,19H,2-4,8-11,13H2,1H3;5H,1-4H2. The zero-order chi connectivity index (χ0) is 17.5. The summed E-state index contributed by atoms with van der Waals surface area (Å²) in [6.07, 6.45) is 9.26. The van der Waals surface area contributed by atoms with Crippen LogP contribution in [0.4, 0.5) is 0 Å². The number of aromatic hydroxyl groups is 1. The minimum atomic E-state index is 0.166. The molecule has 1 aliphatic heterocycles. The molecule has 0 bridgehead atoms. The molecule has 0 unspecified atom stereocenters. The summed E-state index contributed by atoms with van der Waals surface area (Å²) in [7, 11) is 2.29. The Bertz CT molecular complexity index is 509. The highest BCUT2D eigenvalue weighted by molar-refractivity contribution is 5.33. The monoisotopic (exact) mass is 346 g/mol. The molecule has 1 heterocycles. The lowest BCUT2D eigenvalue weighted by atomic mass is 9.75. The molecular weight excluding hydrogens is 312 g/mol. The summed E-state index contributed by atoms with van der Waals surface area (Å²) in [5, 5.41) is 13.0. The Morgan fingerprint density at radius 1 is 1.16 bits per heavy atom. The van der Waals surface area contributed by atoms with Gasteiger partial charge in [0.25, 0.3) is 0 Å². The average molecular weight is 347 g/mol. The van der Waals surface area contributed by atoms with Gasteiger partial charge in [0, 0.05) is 25.2 Å². The van der Waals surface area contributed by atoms with Crippen LogP contribution in [0.1, 0.15) is 50.5 Å². The number of rotatable bonds is 4. The number of nitrogens with one attached hydrogen (secondary N) is 1. The van der Waals surface area contributed by atoms with Crippen LogP contribution in [0.3, 0.4) is 0 Å². The van der Waals surface area contributed by atoms with E-state index in [1.54, 1.807) is 6.07 Å². The van der Waals surface area contributed by atoms with Crippen LogP contribution < -0.4 is 5.32 Å². The van der Waals surface area contributed by atoms with Crippen LogP contribution in [0, 0.1) is 5.92 Å². The third-order valence-electron chi connectivity index (χ3n) is 5.87. The fourth-order valence-electron chi connectivity index (χ4n) is 4.20. The molecule has 2 N–H and O–H groups in total. The molecule has 4 heteroatoms. The van der Waals surface area contributed by atoms with Gasteiger partial charge in [-0.05, 0) is 56.3 Å². The Kier molecular flexibility index (Phi) is 6.74.